The lowest BCUT2D eigenvalue weighted by molar-refractivity contribution is -0.136. The first-order valence-corrected chi connectivity index (χ1v) is 9.76. The van der Waals surface area contributed by atoms with Gasteiger partial charge in [-0.2, -0.15) is 5.26 Å². The number of nitriles is 1. The van der Waals surface area contributed by atoms with E-state index in [1.807, 2.05) is 11.0 Å². The van der Waals surface area contributed by atoms with E-state index in [9.17, 15) is 24.7 Å². The average Bonchev–Trinajstić information content (AvgIpc) is 3.09. The molecule has 1 aliphatic heterocycles. The van der Waals surface area contributed by atoms with Crippen molar-refractivity contribution in [1.29, 1.82) is 5.26 Å². The van der Waals surface area contributed by atoms with Crippen LogP contribution in [0.1, 0.15) is 36.2 Å². The van der Waals surface area contributed by atoms with Crippen LogP contribution in [0.2, 0.25) is 0 Å². The quantitative estimate of drug-likeness (QED) is 0.628. The third kappa shape index (κ3) is 4.58. The second-order valence-electron chi connectivity index (χ2n) is 7.50. The predicted molar refractivity (Wildman–Crippen MR) is 106 cm³/mol. The number of carbonyl (C=O) groups excluding carboxylic acids is 1. The molecule has 0 unspecified atom stereocenters. The Bertz CT molecular complexity index is 949. The molecule has 0 radical (unpaired) electrons. The third-order valence-corrected chi connectivity index (χ3v) is 5.56. The Balaban J connectivity index is 1.50. The van der Waals surface area contributed by atoms with Crippen LogP contribution in [0.15, 0.2) is 18.2 Å². The number of halogens is 1. The minimum absolute atomic E-state index is 0.121. The number of nitrogens with zero attached hydrogens (tertiary/aromatic N) is 5. The molecule has 3 N–H and O–H groups in total. The summed E-state index contributed by atoms with van der Waals surface area (Å²) in [5.74, 6) is -0.237. The highest BCUT2D eigenvalue weighted by atomic mass is 19.1. The van der Waals surface area contributed by atoms with E-state index >= 15 is 0 Å². The molecule has 1 aromatic carbocycles. The van der Waals surface area contributed by atoms with Crippen LogP contribution in [0, 0.1) is 30.0 Å². The molecule has 10 heteroatoms. The summed E-state index contributed by atoms with van der Waals surface area (Å²) in [6.07, 6.45) is -1.58. The Morgan fingerprint density at radius 2 is 2.07 bits per heavy atom. The van der Waals surface area contributed by atoms with Gasteiger partial charge in [0.05, 0.1) is 11.3 Å². The number of aliphatic hydroxyl groups excluding tert-OH is 2. The van der Waals surface area contributed by atoms with Crippen molar-refractivity contribution in [3.8, 4) is 6.07 Å². The fraction of sp³-hybridized carbons (Fsp3) is 0.500. The van der Waals surface area contributed by atoms with Crippen LogP contribution in [0.25, 0.3) is 0 Å². The molecule has 9 nitrogen and oxygen atoms in total. The van der Waals surface area contributed by atoms with Crippen LogP contribution in [0.3, 0.4) is 0 Å². The number of anilines is 1. The number of benzene rings is 1. The first kappa shape index (κ1) is 21.7. The highest BCUT2D eigenvalue weighted by Crippen LogP contribution is 2.26. The summed E-state index contributed by atoms with van der Waals surface area (Å²) in [5.41, 5.74) is 1.01. The molecule has 1 fully saturated rings. The molecule has 3 rings (SSSR count). The Kier molecular flexibility index (Phi) is 6.64. The maximum atomic E-state index is 13.3. The molecule has 1 amide bonds. The minimum atomic E-state index is -1.65. The number of piperidine rings is 1. The molecule has 0 aliphatic carbocycles. The number of aromatic nitrogens is 3. The lowest BCUT2D eigenvalue weighted by Gasteiger charge is -2.34. The van der Waals surface area contributed by atoms with Crippen molar-refractivity contribution in [1.82, 2.24) is 20.1 Å². The van der Waals surface area contributed by atoms with Gasteiger partial charge in [-0.15, -0.1) is 10.2 Å². The first-order valence-electron chi connectivity index (χ1n) is 9.76. The normalized spacial score (nSPS) is 16.7. The molecule has 160 valence electrons. The zero-order valence-corrected chi connectivity index (χ0v) is 16.9. The Labute approximate surface area is 173 Å². The molecule has 1 saturated heterocycles. The third-order valence-electron chi connectivity index (χ3n) is 5.56. The largest absolute Gasteiger partial charge is 0.382 e. The summed E-state index contributed by atoms with van der Waals surface area (Å²) in [7, 11) is 1.64. The molecular formula is C20H25FN6O3. The molecule has 2 atom stereocenters. The fourth-order valence-corrected chi connectivity index (χ4v) is 3.57. The number of carbonyl (C=O) groups is 1. The van der Waals surface area contributed by atoms with E-state index in [2.05, 4.69) is 15.5 Å². The summed E-state index contributed by atoms with van der Waals surface area (Å²) in [4.78, 5) is 14.3. The highest BCUT2D eigenvalue weighted by Gasteiger charge is 2.30. The van der Waals surface area contributed by atoms with Crippen molar-refractivity contribution >= 4 is 11.6 Å². The predicted octanol–water partition coefficient (Wildman–Crippen LogP) is 0.561. The number of aliphatic hydroxyl groups is 2. The summed E-state index contributed by atoms with van der Waals surface area (Å²) >= 11 is 0. The van der Waals surface area contributed by atoms with Gasteiger partial charge in [0.2, 0.25) is 0 Å². The van der Waals surface area contributed by atoms with Crippen LogP contribution in [-0.4, -0.2) is 56.6 Å². The standard InChI is InChI=1S/C20H25FN6O3/c1-12-24-25-19(26(12)2)17(28)18(29)20(30)23-11-13-5-7-27(8-6-13)16-4-3-15(21)9-14(16)10-22/h3-4,9,13,17-18,28-29H,5-8,11H2,1-2H3,(H,23,30)/t17-,18-/m1/s1. The highest BCUT2D eigenvalue weighted by molar-refractivity contribution is 5.81. The number of nitrogens with one attached hydrogen (secondary N) is 1. The van der Waals surface area contributed by atoms with Crippen molar-refractivity contribution in [2.75, 3.05) is 24.5 Å². The summed E-state index contributed by atoms with van der Waals surface area (Å²) in [5, 5.41) is 39.9. The van der Waals surface area contributed by atoms with Crippen LogP contribution >= 0.6 is 0 Å². The zero-order valence-electron chi connectivity index (χ0n) is 16.9. The van der Waals surface area contributed by atoms with Crippen molar-refractivity contribution in [3.63, 3.8) is 0 Å². The average molecular weight is 416 g/mol. The topological polar surface area (TPSA) is 127 Å². The van der Waals surface area contributed by atoms with Crippen LogP contribution in [0.5, 0.6) is 0 Å². The van der Waals surface area contributed by atoms with E-state index in [4.69, 9.17) is 0 Å². The van der Waals surface area contributed by atoms with Crippen LogP contribution in [0.4, 0.5) is 10.1 Å². The Morgan fingerprint density at radius 3 is 2.67 bits per heavy atom. The van der Waals surface area contributed by atoms with E-state index in [0.717, 1.165) is 12.8 Å². The van der Waals surface area contributed by atoms with Gasteiger partial charge in [-0.3, -0.25) is 4.79 Å². The molecule has 2 aromatic rings. The second-order valence-corrected chi connectivity index (χ2v) is 7.50. The monoisotopic (exact) mass is 416 g/mol. The zero-order chi connectivity index (χ0) is 21.8. The summed E-state index contributed by atoms with van der Waals surface area (Å²) < 4.78 is 14.9. The summed E-state index contributed by atoms with van der Waals surface area (Å²) in [6, 6.07) is 6.21. The van der Waals surface area contributed by atoms with Crippen molar-refractivity contribution in [2.45, 2.75) is 32.0 Å². The van der Waals surface area contributed by atoms with Gasteiger partial charge in [-0.25, -0.2) is 4.39 Å². The van der Waals surface area contributed by atoms with E-state index < -0.39 is 23.9 Å². The van der Waals surface area contributed by atoms with Gasteiger partial charge in [0, 0.05) is 26.7 Å². The lowest BCUT2D eigenvalue weighted by atomic mass is 9.95. The van der Waals surface area contributed by atoms with Gasteiger partial charge in [-0.05, 0) is 43.9 Å². The number of rotatable bonds is 6. The maximum absolute atomic E-state index is 13.3. The lowest BCUT2D eigenvalue weighted by Crippen LogP contribution is -2.43. The van der Waals surface area contributed by atoms with Gasteiger partial charge in [0.1, 0.15) is 23.8 Å². The van der Waals surface area contributed by atoms with Gasteiger partial charge in [-0.1, -0.05) is 0 Å². The van der Waals surface area contributed by atoms with E-state index in [1.165, 1.54) is 16.7 Å². The van der Waals surface area contributed by atoms with Gasteiger partial charge >= 0.3 is 0 Å². The maximum Gasteiger partial charge on any atom is 0.252 e. The molecular weight excluding hydrogens is 391 g/mol. The number of hydrogen-bond acceptors (Lipinski definition) is 7. The minimum Gasteiger partial charge on any atom is -0.382 e. The SMILES string of the molecule is Cc1nnc([C@H](O)[C@@H](O)C(=O)NCC2CCN(c3ccc(F)cc3C#N)CC2)n1C. The Hall–Kier alpha value is -3.03. The van der Waals surface area contributed by atoms with Gasteiger partial charge < -0.3 is 25.0 Å². The van der Waals surface area contributed by atoms with Crippen molar-refractivity contribution in [3.05, 3.63) is 41.2 Å². The van der Waals surface area contributed by atoms with E-state index in [0.29, 0.717) is 36.7 Å². The Morgan fingerprint density at radius 1 is 1.37 bits per heavy atom. The molecule has 1 aromatic heterocycles. The van der Waals surface area contributed by atoms with Crippen LogP contribution < -0.4 is 10.2 Å². The first-order chi connectivity index (χ1) is 14.3. The molecule has 0 bridgehead atoms. The number of hydrogen-bond donors (Lipinski definition) is 3. The summed E-state index contributed by atoms with van der Waals surface area (Å²) in [6.45, 7) is 3.41. The van der Waals surface area contributed by atoms with Crippen molar-refractivity contribution in [2.24, 2.45) is 13.0 Å². The number of aryl methyl sites for hydroxylation is 1. The fourth-order valence-electron chi connectivity index (χ4n) is 3.57. The van der Waals surface area contributed by atoms with Crippen molar-refractivity contribution < 1.29 is 19.4 Å². The van der Waals surface area contributed by atoms with Crippen LogP contribution in [-0.2, 0) is 11.8 Å². The molecule has 1 aliphatic rings. The molecule has 30 heavy (non-hydrogen) atoms. The smallest absolute Gasteiger partial charge is 0.252 e. The number of amides is 1. The molecule has 2 heterocycles. The van der Waals surface area contributed by atoms with E-state index in [-0.39, 0.29) is 11.7 Å². The van der Waals surface area contributed by atoms with Gasteiger partial charge in [0.15, 0.2) is 11.9 Å². The van der Waals surface area contributed by atoms with Gasteiger partial charge in [0.25, 0.3) is 5.91 Å². The second kappa shape index (κ2) is 9.19. The molecule has 0 saturated carbocycles. The molecule has 0 spiro atoms. The van der Waals surface area contributed by atoms with E-state index in [1.54, 1.807) is 20.0 Å².